The van der Waals surface area contributed by atoms with Crippen LogP contribution >= 0.6 is 0 Å². The summed E-state index contributed by atoms with van der Waals surface area (Å²) in [5, 5.41) is 12.7. The van der Waals surface area contributed by atoms with Gasteiger partial charge in [0.05, 0.1) is 12.2 Å². The molecule has 2 aromatic rings. The largest absolute Gasteiger partial charge is 0.476 e. The van der Waals surface area contributed by atoms with E-state index >= 15 is 0 Å². The first-order valence-electron chi connectivity index (χ1n) is 5.40. The number of benzene rings is 1. The van der Waals surface area contributed by atoms with Crippen LogP contribution in [0.5, 0.6) is 0 Å². The van der Waals surface area contributed by atoms with Crippen molar-refractivity contribution < 1.29 is 18.7 Å². The van der Waals surface area contributed by atoms with E-state index in [1.165, 1.54) is 16.8 Å². The summed E-state index contributed by atoms with van der Waals surface area (Å²) in [7, 11) is 0. The maximum atomic E-state index is 13.7. The van der Waals surface area contributed by atoms with E-state index in [9.17, 15) is 13.6 Å². The van der Waals surface area contributed by atoms with Crippen LogP contribution in [0.4, 0.5) is 8.78 Å². The first-order chi connectivity index (χ1) is 9.02. The van der Waals surface area contributed by atoms with Gasteiger partial charge in [-0.05, 0) is 24.3 Å². The Morgan fingerprint density at radius 1 is 1.42 bits per heavy atom. The first kappa shape index (κ1) is 12.9. The van der Waals surface area contributed by atoms with E-state index in [0.29, 0.717) is 0 Å². The summed E-state index contributed by atoms with van der Waals surface area (Å²) >= 11 is 0. The Morgan fingerprint density at radius 3 is 2.79 bits per heavy atom. The molecule has 0 atom stereocenters. The second kappa shape index (κ2) is 5.01. The molecule has 0 amide bonds. The van der Waals surface area contributed by atoms with Crippen LogP contribution < -0.4 is 0 Å². The minimum Gasteiger partial charge on any atom is -0.476 e. The lowest BCUT2D eigenvalue weighted by molar-refractivity contribution is 0.0689. The molecule has 2 rings (SSSR count). The predicted molar refractivity (Wildman–Crippen MR) is 64.7 cm³/mol. The van der Waals surface area contributed by atoms with Crippen molar-refractivity contribution in [1.29, 1.82) is 0 Å². The van der Waals surface area contributed by atoms with Crippen molar-refractivity contribution in [2.75, 3.05) is 0 Å². The van der Waals surface area contributed by atoms with Gasteiger partial charge in [0.2, 0.25) is 0 Å². The molecule has 0 spiro atoms. The van der Waals surface area contributed by atoms with E-state index in [0.717, 1.165) is 18.2 Å². The summed E-state index contributed by atoms with van der Waals surface area (Å²) in [6.07, 6.45) is 1.49. The van der Waals surface area contributed by atoms with Crippen molar-refractivity contribution in [2.24, 2.45) is 0 Å². The highest BCUT2D eigenvalue weighted by molar-refractivity contribution is 5.87. The average molecular weight is 264 g/mol. The molecule has 0 aliphatic heterocycles. The zero-order valence-electron chi connectivity index (χ0n) is 9.81. The first-order valence-corrected chi connectivity index (χ1v) is 5.40. The zero-order chi connectivity index (χ0) is 14.0. The number of carboxylic acid groups (broad SMARTS) is 1. The fourth-order valence-corrected chi connectivity index (χ4v) is 1.69. The van der Waals surface area contributed by atoms with Crippen molar-refractivity contribution in [3.8, 4) is 11.3 Å². The third kappa shape index (κ3) is 2.52. The number of aromatic nitrogens is 2. The molecule has 6 heteroatoms. The topological polar surface area (TPSA) is 55.1 Å². The van der Waals surface area contributed by atoms with E-state index in [4.69, 9.17) is 5.11 Å². The van der Waals surface area contributed by atoms with Gasteiger partial charge < -0.3 is 5.11 Å². The number of rotatable bonds is 4. The third-order valence-electron chi connectivity index (χ3n) is 2.51. The summed E-state index contributed by atoms with van der Waals surface area (Å²) in [5.74, 6) is -2.50. The fourth-order valence-electron chi connectivity index (χ4n) is 1.69. The van der Waals surface area contributed by atoms with Crippen LogP contribution in [0.15, 0.2) is 36.9 Å². The number of allylic oxidation sites excluding steroid dienone is 1. The molecule has 0 unspecified atom stereocenters. The number of hydrogen-bond acceptors (Lipinski definition) is 2. The molecule has 0 aliphatic carbocycles. The van der Waals surface area contributed by atoms with Gasteiger partial charge in [-0.25, -0.2) is 13.6 Å². The molecule has 4 nitrogen and oxygen atoms in total. The summed E-state index contributed by atoms with van der Waals surface area (Å²) < 4.78 is 28.1. The highest BCUT2D eigenvalue weighted by Crippen LogP contribution is 2.25. The van der Waals surface area contributed by atoms with Crippen molar-refractivity contribution >= 4 is 5.97 Å². The lowest BCUT2D eigenvalue weighted by Crippen LogP contribution is -2.03. The molecule has 0 radical (unpaired) electrons. The summed E-state index contributed by atoms with van der Waals surface area (Å²) in [5.41, 5.74) is -0.0864. The molecular formula is C13H10F2N2O2. The Hall–Kier alpha value is -2.50. The molecule has 0 saturated heterocycles. The number of carbonyl (C=O) groups is 1. The van der Waals surface area contributed by atoms with E-state index in [-0.39, 0.29) is 23.5 Å². The second-order valence-electron chi connectivity index (χ2n) is 3.81. The monoisotopic (exact) mass is 264 g/mol. The van der Waals surface area contributed by atoms with Crippen LogP contribution in [-0.2, 0) is 6.54 Å². The van der Waals surface area contributed by atoms with Gasteiger partial charge in [0, 0.05) is 5.56 Å². The number of carboxylic acids is 1. The van der Waals surface area contributed by atoms with Crippen molar-refractivity contribution in [3.05, 3.63) is 54.2 Å². The molecular weight excluding hydrogens is 254 g/mol. The van der Waals surface area contributed by atoms with Gasteiger partial charge in [-0.3, -0.25) is 4.68 Å². The number of aromatic carboxylic acids is 1. The summed E-state index contributed by atoms with van der Waals surface area (Å²) in [6, 6.07) is 4.17. The van der Waals surface area contributed by atoms with Gasteiger partial charge >= 0.3 is 5.97 Å². The molecule has 98 valence electrons. The van der Waals surface area contributed by atoms with Crippen LogP contribution in [-0.4, -0.2) is 20.9 Å². The predicted octanol–water partition coefficient (Wildman–Crippen LogP) is 2.71. The maximum absolute atomic E-state index is 13.7. The summed E-state index contributed by atoms with van der Waals surface area (Å²) in [4.78, 5) is 10.9. The SMILES string of the molecule is C=CCn1nc(C(=O)O)cc1-c1cc(F)ccc1F. The smallest absolute Gasteiger partial charge is 0.356 e. The molecule has 19 heavy (non-hydrogen) atoms. The third-order valence-corrected chi connectivity index (χ3v) is 2.51. The van der Waals surface area contributed by atoms with Gasteiger partial charge in [0.1, 0.15) is 11.6 Å². The van der Waals surface area contributed by atoms with Crippen molar-refractivity contribution in [3.63, 3.8) is 0 Å². The highest BCUT2D eigenvalue weighted by atomic mass is 19.1. The van der Waals surface area contributed by atoms with Gasteiger partial charge in [-0.15, -0.1) is 6.58 Å². The van der Waals surface area contributed by atoms with E-state index in [1.54, 1.807) is 0 Å². The Labute approximate surface area is 107 Å². The molecule has 1 heterocycles. The minimum atomic E-state index is -1.24. The van der Waals surface area contributed by atoms with Gasteiger partial charge in [0.25, 0.3) is 0 Å². The van der Waals surface area contributed by atoms with Crippen LogP contribution in [0.1, 0.15) is 10.5 Å². The van der Waals surface area contributed by atoms with Crippen LogP contribution in [0.2, 0.25) is 0 Å². The van der Waals surface area contributed by atoms with Gasteiger partial charge in [-0.1, -0.05) is 6.08 Å². The van der Waals surface area contributed by atoms with Crippen LogP contribution in [0.25, 0.3) is 11.3 Å². The molecule has 1 aromatic heterocycles. The Kier molecular flexibility index (Phi) is 3.41. The van der Waals surface area contributed by atoms with E-state index in [2.05, 4.69) is 11.7 Å². The Balaban J connectivity index is 2.62. The number of halogens is 2. The zero-order valence-corrected chi connectivity index (χ0v) is 9.81. The second-order valence-corrected chi connectivity index (χ2v) is 3.81. The van der Waals surface area contributed by atoms with Crippen LogP contribution in [0, 0.1) is 11.6 Å². The van der Waals surface area contributed by atoms with Gasteiger partial charge in [0.15, 0.2) is 5.69 Å². The van der Waals surface area contributed by atoms with E-state index in [1.807, 2.05) is 0 Å². The standard InChI is InChI=1S/C13H10F2N2O2/c1-2-5-17-12(7-11(16-17)13(18)19)9-6-8(14)3-4-10(9)15/h2-4,6-7H,1,5H2,(H,18,19). The molecule has 0 saturated carbocycles. The molecule has 1 N–H and O–H groups in total. The quantitative estimate of drug-likeness (QED) is 0.864. The molecule has 1 aromatic carbocycles. The minimum absolute atomic E-state index is 0.0400. The van der Waals surface area contributed by atoms with Crippen molar-refractivity contribution in [1.82, 2.24) is 9.78 Å². The molecule has 0 fully saturated rings. The molecule has 0 bridgehead atoms. The number of hydrogen-bond donors (Lipinski definition) is 1. The fraction of sp³-hybridized carbons (Fsp3) is 0.0769. The highest BCUT2D eigenvalue weighted by Gasteiger charge is 2.17. The van der Waals surface area contributed by atoms with E-state index < -0.39 is 17.6 Å². The van der Waals surface area contributed by atoms with Crippen LogP contribution in [0.3, 0.4) is 0 Å². The lowest BCUT2D eigenvalue weighted by atomic mass is 10.1. The van der Waals surface area contributed by atoms with Crippen molar-refractivity contribution in [2.45, 2.75) is 6.54 Å². The number of nitrogens with zero attached hydrogens (tertiary/aromatic N) is 2. The molecule has 0 aliphatic rings. The Morgan fingerprint density at radius 2 is 2.16 bits per heavy atom. The normalized spacial score (nSPS) is 10.4. The maximum Gasteiger partial charge on any atom is 0.356 e. The summed E-state index contributed by atoms with van der Waals surface area (Å²) in [6.45, 7) is 3.70. The van der Waals surface area contributed by atoms with Gasteiger partial charge in [-0.2, -0.15) is 5.10 Å². The Bertz CT molecular complexity index is 650. The average Bonchev–Trinajstić information content (AvgIpc) is 2.77. The lowest BCUT2D eigenvalue weighted by Gasteiger charge is -2.06.